The van der Waals surface area contributed by atoms with Crippen molar-refractivity contribution in [3.63, 3.8) is 0 Å². The van der Waals surface area contributed by atoms with E-state index in [9.17, 15) is 4.79 Å². The lowest BCUT2D eigenvalue weighted by molar-refractivity contribution is -0.136. The molecule has 1 fully saturated rings. The number of rotatable bonds is 6. The van der Waals surface area contributed by atoms with Crippen molar-refractivity contribution >= 4 is 11.7 Å². The molecule has 1 saturated heterocycles. The summed E-state index contributed by atoms with van der Waals surface area (Å²) in [6.07, 6.45) is 7.00. The van der Waals surface area contributed by atoms with E-state index in [4.69, 9.17) is 5.11 Å². The lowest BCUT2D eigenvalue weighted by atomic mass is 10.0. The molecular formula is C21H30N2O2. The van der Waals surface area contributed by atoms with Gasteiger partial charge in [0.2, 0.25) is 0 Å². The Balaban J connectivity index is 1.59. The van der Waals surface area contributed by atoms with Crippen molar-refractivity contribution in [2.45, 2.75) is 52.0 Å². The highest BCUT2D eigenvalue weighted by atomic mass is 16.4. The average molecular weight is 342 g/mol. The molecule has 4 heteroatoms. The molecular weight excluding hydrogens is 312 g/mol. The number of hydrogen-bond donors (Lipinski definition) is 1. The smallest absolute Gasteiger partial charge is 0.307 e. The van der Waals surface area contributed by atoms with Crippen LogP contribution >= 0.6 is 0 Å². The minimum absolute atomic E-state index is 0.115. The van der Waals surface area contributed by atoms with Gasteiger partial charge in [0.05, 0.1) is 6.42 Å². The average Bonchev–Trinajstić information content (AvgIpc) is 3.02. The maximum absolute atomic E-state index is 11.0. The summed E-state index contributed by atoms with van der Waals surface area (Å²) in [7, 11) is 0. The third-order valence-corrected chi connectivity index (χ3v) is 5.75. The Morgan fingerprint density at radius 2 is 2.04 bits per heavy atom. The summed E-state index contributed by atoms with van der Waals surface area (Å²) < 4.78 is 0. The van der Waals surface area contributed by atoms with Gasteiger partial charge < -0.3 is 14.9 Å². The number of hydrogen-bond acceptors (Lipinski definition) is 3. The van der Waals surface area contributed by atoms with Crippen molar-refractivity contribution in [2.75, 3.05) is 31.1 Å². The molecule has 3 rings (SSSR count). The van der Waals surface area contributed by atoms with E-state index in [2.05, 4.69) is 41.9 Å². The number of carboxylic acid groups (broad SMARTS) is 1. The fourth-order valence-electron chi connectivity index (χ4n) is 4.05. The van der Waals surface area contributed by atoms with Gasteiger partial charge in [0.1, 0.15) is 0 Å². The van der Waals surface area contributed by atoms with Crippen molar-refractivity contribution in [3.05, 3.63) is 41.0 Å². The number of piperidine rings is 1. The minimum atomic E-state index is -0.755. The summed E-state index contributed by atoms with van der Waals surface area (Å²) in [5, 5.41) is 9.04. The van der Waals surface area contributed by atoms with E-state index >= 15 is 0 Å². The lowest BCUT2D eigenvalue weighted by Gasteiger charge is -2.38. The molecule has 0 aliphatic carbocycles. The number of carboxylic acids is 1. The van der Waals surface area contributed by atoms with Crippen LogP contribution in [-0.4, -0.2) is 48.2 Å². The summed E-state index contributed by atoms with van der Waals surface area (Å²) in [5.41, 5.74) is 5.04. The third-order valence-electron chi connectivity index (χ3n) is 5.75. The molecule has 0 bridgehead atoms. The van der Waals surface area contributed by atoms with E-state index in [0.29, 0.717) is 6.04 Å². The predicted molar refractivity (Wildman–Crippen MR) is 102 cm³/mol. The third kappa shape index (κ3) is 4.43. The Morgan fingerprint density at radius 3 is 2.72 bits per heavy atom. The molecule has 2 heterocycles. The molecule has 0 aromatic heterocycles. The molecule has 136 valence electrons. The molecule has 0 radical (unpaired) electrons. The fraction of sp³-hybridized carbons (Fsp3) is 0.571. The van der Waals surface area contributed by atoms with Gasteiger partial charge in [0, 0.05) is 37.9 Å². The summed E-state index contributed by atoms with van der Waals surface area (Å²) in [4.78, 5) is 16.1. The van der Waals surface area contributed by atoms with Gasteiger partial charge in [0.25, 0.3) is 0 Å². The highest BCUT2D eigenvalue weighted by molar-refractivity contribution is 5.72. The normalized spacial score (nSPS) is 19.3. The number of fused-ring (bicyclic) bond motifs is 1. The zero-order valence-electron chi connectivity index (χ0n) is 15.5. The van der Waals surface area contributed by atoms with Crippen LogP contribution in [0.4, 0.5) is 5.69 Å². The molecule has 1 N–H and O–H groups in total. The minimum Gasteiger partial charge on any atom is -0.481 e. The van der Waals surface area contributed by atoms with Gasteiger partial charge in [0.15, 0.2) is 0 Å². The van der Waals surface area contributed by atoms with Crippen molar-refractivity contribution in [1.29, 1.82) is 0 Å². The van der Waals surface area contributed by atoms with Crippen LogP contribution in [0.1, 0.15) is 44.2 Å². The molecule has 25 heavy (non-hydrogen) atoms. The molecule has 0 atom stereocenters. The van der Waals surface area contributed by atoms with E-state index in [1.165, 1.54) is 55.7 Å². The first-order valence-corrected chi connectivity index (χ1v) is 9.51. The van der Waals surface area contributed by atoms with Crippen LogP contribution in [-0.2, 0) is 17.6 Å². The van der Waals surface area contributed by atoms with Crippen LogP contribution in [0.25, 0.3) is 0 Å². The predicted octanol–water partition coefficient (Wildman–Crippen LogP) is 3.50. The van der Waals surface area contributed by atoms with Crippen molar-refractivity contribution in [2.24, 2.45) is 0 Å². The van der Waals surface area contributed by atoms with Gasteiger partial charge in [-0.25, -0.2) is 0 Å². The van der Waals surface area contributed by atoms with E-state index < -0.39 is 5.97 Å². The van der Waals surface area contributed by atoms with Crippen LogP contribution < -0.4 is 4.90 Å². The molecule has 0 unspecified atom stereocenters. The van der Waals surface area contributed by atoms with Gasteiger partial charge in [-0.05, 0) is 56.7 Å². The van der Waals surface area contributed by atoms with Gasteiger partial charge in [-0.15, -0.1) is 0 Å². The second-order valence-electron chi connectivity index (χ2n) is 7.43. The van der Waals surface area contributed by atoms with Crippen molar-refractivity contribution in [1.82, 2.24) is 4.90 Å². The molecule has 0 saturated carbocycles. The maximum Gasteiger partial charge on any atom is 0.307 e. The summed E-state index contributed by atoms with van der Waals surface area (Å²) in [6.45, 7) is 8.91. The topological polar surface area (TPSA) is 43.8 Å². The standard InChI is InChI=1S/C21H30N2O2/c1-3-16(2)6-10-22-11-8-19(9-12-22)23-13-7-18-5-4-17(14-20(18)23)15-21(24)25/h3-5,14,19H,6-13,15H2,1-2H3,(H,24,25)/b16-3+. The van der Waals surface area contributed by atoms with Gasteiger partial charge in [-0.1, -0.05) is 23.8 Å². The first-order chi connectivity index (χ1) is 12.1. The molecule has 2 aliphatic rings. The summed E-state index contributed by atoms with van der Waals surface area (Å²) in [5.74, 6) is -0.755. The van der Waals surface area contributed by atoms with Crippen LogP contribution in [0.3, 0.4) is 0 Å². The van der Waals surface area contributed by atoms with Crippen molar-refractivity contribution < 1.29 is 9.90 Å². The quantitative estimate of drug-likeness (QED) is 0.804. The van der Waals surface area contributed by atoms with Gasteiger partial charge in [-0.3, -0.25) is 4.79 Å². The number of anilines is 1. The number of carbonyl (C=O) groups is 1. The SMILES string of the molecule is C/C=C(\C)CCN1CCC(N2CCc3ccc(CC(=O)O)cc32)CC1. The molecule has 1 aromatic rings. The molecule has 1 aromatic carbocycles. The Kier molecular flexibility index (Phi) is 5.79. The number of aliphatic carboxylic acids is 1. The summed E-state index contributed by atoms with van der Waals surface area (Å²) in [6, 6.07) is 6.81. The Morgan fingerprint density at radius 1 is 1.28 bits per heavy atom. The van der Waals surface area contributed by atoms with E-state index in [-0.39, 0.29) is 6.42 Å². The molecule has 4 nitrogen and oxygen atoms in total. The second-order valence-corrected chi connectivity index (χ2v) is 7.43. The monoisotopic (exact) mass is 342 g/mol. The zero-order valence-corrected chi connectivity index (χ0v) is 15.5. The van der Waals surface area contributed by atoms with Crippen LogP contribution in [0.2, 0.25) is 0 Å². The van der Waals surface area contributed by atoms with Crippen LogP contribution in [0.5, 0.6) is 0 Å². The van der Waals surface area contributed by atoms with Crippen LogP contribution in [0.15, 0.2) is 29.8 Å². The lowest BCUT2D eigenvalue weighted by Crippen LogP contribution is -2.44. The number of nitrogens with zero attached hydrogens (tertiary/aromatic N) is 2. The molecule has 0 amide bonds. The zero-order chi connectivity index (χ0) is 17.8. The molecule has 0 spiro atoms. The first-order valence-electron chi connectivity index (χ1n) is 9.51. The first kappa shape index (κ1) is 18.0. The van der Waals surface area contributed by atoms with E-state index in [1.54, 1.807) is 0 Å². The second kappa shape index (κ2) is 8.05. The number of benzene rings is 1. The maximum atomic E-state index is 11.0. The van der Waals surface area contributed by atoms with Gasteiger partial charge >= 0.3 is 5.97 Å². The fourth-order valence-corrected chi connectivity index (χ4v) is 4.05. The number of allylic oxidation sites excluding steroid dienone is 1. The van der Waals surface area contributed by atoms with Crippen molar-refractivity contribution in [3.8, 4) is 0 Å². The summed E-state index contributed by atoms with van der Waals surface area (Å²) >= 11 is 0. The highest BCUT2D eigenvalue weighted by Crippen LogP contribution is 2.33. The Bertz CT molecular complexity index is 645. The van der Waals surface area contributed by atoms with Crippen LogP contribution in [0, 0.1) is 0 Å². The van der Waals surface area contributed by atoms with E-state index in [1.807, 2.05) is 6.07 Å². The number of likely N-dealkylation sites (tertiary alicyclic amines) is 1. The highest BCUT2D eigenvalue weighted by Gasteiger charge is 2.29. The Hall–Kier alpha value is -1.81. The molecule has 2 aliphatic heterocycles. The van der Waals surface area contributed by atoms with E-state index in [0.717, 1.165) is 18.5 Å². The Labute approximate surface area is 151 Å². The largest absolute Gasteiger partial charge is 0.481 e. The van der Waals surface area contributed by atoms with Gasteiger partial charge in [-0.2, -0.15) is 0 Å².